The van der Waals surface area contributed by atoms with Crippen molar-refractivity contribution in [3.8, 4) is 11.5 Å². The van der Waals surface area contributed by atoms with Crippen molar-refractivity contribution in [3.63, 3.8) is 0 Å². The highest BCUT2D eigenvalue weighted by molar-refractivity contribution is 5.34. The molecule has 2 aromatic rings. The molecule has 2 rings (SSSR count). The molecule has 0 radical (unpaired) electrons. The molecule has 0 spiro atoms. The van der Waals surface area contributed by atoms with Crippen LogP contribution in [0.1, 0.15) is 31.4 Å². The Morgan fingerprint density at radius 3 is 2.20 bits per heavy atom. The average molecular weight is 271 g/mol. The molecule has 2 atom stereocenters. The van der Waals surface area contributed by atoms with Gasteiger partial charge in [0, 0.05) is 0 Å². The van der Waals surface area contributed by atoms with Crippen LogP contribution in [0, 0.1) is 0 Å². The van der Waals surface area contributed by atoms with E-state index in [1.54, 1.807) is 0 Å². The van der Waals surface area contributed by atoms with Crippen LogP contribution < -0.4 is 10.5 Å². The SMILES string of the molecule is CCC[C@H](O)[C@H](N)c1ccc(Oc2ccccc2)cc1. The number of benzene rings is 2. The summed E-state index contributed by atoms with van der Waals surface area (Å²) in [5, 5.41) is 9.92. The normalized spacial score (nSPS) is 13.8. The van der Waals surface area contributed by atoms with Crippen LogP contribution in [0.25, 0.3) is 0 Å². The predicted octanol–water partition coefficient (Wildman–Crippen LogP) is 3.64. The van der Waals surface area contributed by atoms with Gasteiger partial charge >= 0.3 is 0 Å². The first-order valence-corrected chi connectivity index (χ1v) is 6.97. The van der Waals surface area contributed by atoms with Gasteiger partial charge in [-0.05, 0) is 36.2 Å². The molecule has 106 valence electrons. The maximum atomic E-state index is 9.92. The van der Waals surface area contributed by atoms with Crippen LogP contribution in [-0.2, 0) is 0 Å². The zero-order valence-electron chi connectivity index (χ0n) is 11.7. The summed E-state index contributed by atoms with van der Waals surface area (Å²) in [4.78, 5) is 0. The lowest BCUT2D eigenvalue weighted by Gasteiger charge is -2.18. The number of hydrogen-bond donors (Lipinski definition) is 2. The lowest BCUT2D eigenvalue weighted by molar-refractivity contribution is 0.134. The van der Waals surface area contributed by atoms with Crippen molar-refractivity contribution in [3.05, 3.63) is 60.2 Å². The van der Waals surface area contributed by atoms with Gasteiger partial charge in [-0.3, -0.25) is 0 Å². The molecule has 0 aliphatic heterocycles. The van der Waals surface area contributed by atoms with E-state index < -0.39 is 6.10 Å². The van der Waals surface area contributed by atoms with E-state index in [0.29, 0.717) is 6.42 Å². The van der Waals surface area contributed by atoms with Crippen molar-refractivity contribution in [2.45, 2.75) is 31.9 Å². The average Bonchev–Trinajstić information content (AvgIpc) is 2.48. The molecular weight excluding hydrogens is 250 g/mol. The van der Waals surface area contributed by atoms with E-state index in [2.05, 4.69) is 0 Å². The second-order valence-corrected chi connectivity index (χ2v) is 4.87. The molecule has 0 aromatic heterocycles. The molecule has 0 saturated carbocycles. The van der Waals surface area contributed by atoms with E-state index >= 15 is 0 Å². The number of aliphatic hydroxyl groups is 1. The first kappa shape index (κ1) is 14.6. The van der Waals surface area contributed by atoms with Crippen molar-refractivity contribution in [2.24, 2.45) is 5.73 Å². The first-order chi connectivity index (χ1) is 9.70. The molecule has 3 heteroatoms. The Morgan fingerprint density at radius 1 is 1.00 bits per heavy atom. The number of ether oxygens (including phenoxy) is 1. The molecule has 0 bridgehead atoms. The lowest BCUT2D eigenvalue weighted by Crippen LogP contribution is -2.25. The lowest BCUT2D eigenvalue weighted by atomic mass is 9.99. The summed E-state index contributed by atoms with van der Waals surface area (Å²) in [7, 11) is 0. The number of hydrogen-bond acceptors (Lipinski definition) is 3. The molecule has 3 N–H and O–H groups in total. The largest absolute Gasteiger partial charge is 0.457 e. The Bertz CT molecular complexity index is 510. The quantitative estimate of drug-likeness (QED) is 0.843. The topological polar surface area (TPSA) is 55.5 Å². The van der Waals surface area contributed by atoms with Gasteiger partial charge in [-0.25, -0.2) is 0 Å². The van der Waals surface area contributed by atoms with Gasteiger partial charge in [-0.2, -0.15) is 0 Å². The molecular formula is C17H21NO2. The highest BCUT2D eigenvalue weighted by Gasteiger charge is 2.15. The molecule has 0 aliphatic rings. The fourth-order valence-corrected chi connectivity index (χ4v) is 2.08. The Labute approximate surface area is 120 Å². The fraction of sp³-hybridized carbons (Fsp3) is 0.294. The standard InChI is InChI=1S/C17H21NO2/c1-2-6-16(19)17(18)13-9-11-15(12-10-13)20-14-7-4-3-5-8-14/h3-5,7-12,16-17,19H,2,6,18H2,1H3/t16-,17+/m0/s1. The number of rotatable bonds is 6. The summed E-state index contributed by atoms with van der Waals surface area (Å²) >= 11 is 0. The third kappa shape index (κ3) is 3.83. The van der Waals surface area contributed by atoms with Gasteiger partial charge in [-0.15, -0.1) is 0 Å². The number of para-hydroxylation sites is 1. The van der Waals surface area contributed by atoms with Crippen molar-refractivity contribution in [1.29, 1.82) is 0 Å². The minimum Gasteiger partial charge on any atom is -0.457 e. The molecule has 20 heavy (non-hydrogen) atoms. The van der Waals surface area contributed by atoms with Gasteiger partial charge in [0.2, 0.25) is 0 Å². The monoisotopic (exact) mass is 271 g/mol. The molecule has 0 saturated heterocycles. The first-order valence-electron chi connectivity index (χ1n) is 6.97. The minimum absolute atomic E-state index is 0.347. The number of aliphatic hydroxyl groups excluding tert-OH is 1. The molecule has 0 amide bonds. The molecule has 0 heterocycles. The third-order valence-electron chi connectivity index (χ3n) is 3.24. The van der Waals surface area contributed by atoms with Gasteiger partial charge in [0.05, 0.1) is 12.1 Å². The molecule has 0 fully saturated rings. The fourth-order valence-electron chi connectivity index (χ4n) is 2.08. The van der Waals surface area contributed by atoms with E-state index in [-0.39, 0.29) is 6.04 Å². The van der Waals surface area contributed by atoms with Gasteiger partial charge < -0.3 is 15.6 Å². The summed E-state index contributed by atoms with van der Waals surface area (Å²) < 4.78 is 5.72. The van der Waals surface area contributed by atoms with Crippen LogP contribution >= 0.6 is 0 Å². The van der Waals surface area contributed by atoms with E-state index in [9.17, 15) is 5.11 Å². The third-order valence-corrected chi connectivity index (χ3v) is 3.24. The zero-order valence-corrected chi connectivity index (χ0v) is 11.7. The van der Waals surface area contributed by atoms with Crippen LogP contribution in [0.3, 0.4) is 0 Å². The predicted molar refractivity (Wildman–Crippen MR) is 80.8 cm³/mol. The van der Waals surface area contributed by atoms with E-state index in [4.69, 9.17) is 10.5 Å². The van der Waals surface area contributed by atoms with Crippen LogP contribution in [0.15, 0.2) is 54.6 Å². The van der Waals surface area contributed by atoms with E-state index in [0.717, 1.165) is 23.5 Å². The molecule has 3 nitrogen and oxygen atoms in total. The summed E-state index contributed by atoms with van der Waals surface area (Å²) in [5.41, 5.74) is 6.96. The highest BCUT2D eigenvalue weighted by Crippen LogP contribution is 2.24. The minimum atomic E-state index is -0.499. The van der Waals surface area contributed by atoms with Gasteiger partial charge in [0.15, 0.2) is 0 Å². The zero-order chi connectivity index (χ0) is 14.4. The van der Waals surface area contributed by atoms with Crippen molar-refractivity contribution in [2.75, 3.05) is 0 Å². The summed E-state index contributed by atoms with van der Waals surface area (Å²) in [6, 6.07) is 16.8. The van der Waals surface area contributed by atoms with Crippen molar-refractivity contribution in [1.82, 2.24) is 0 Å². The molecule has 0 unspecified atom stereocenters. The second-order valence-electron chi connectivity index (χ2n) is 4.87. The summed E-state index contributed by atoms with van der Waals surface area (Å²) in [6.07, 6.45) is 1.13. The summed E-state index contributed by atoms with van der Waals surface area (Å²) in [6.45, 7) is 2.03. The van der Waals surface area contributed by atoms with Gasteiger partial charge in [0.25, 0.3) is 0 Å². The van der Waals surface area contributed by atoms with Crippen LogP contribution in [0.2, 0.25) is 0 Å². The van der Waals surface area contributed by atoms with Crippen LogP contribution in [0.4, 0.5) is 0 Å². The highest BCUT2D eigenvalue weighted by atomic mass is 16.5. The maximum Gasteiger partial charge on any atom is 0.127 e. The van der Waals surface area contributed by atoms with Crippen LogP contribution in [0.5, 0.6) is 11.5 Å². The summed E-state index contributed by atoms with van der Waals surface area (Å²) in [5.74, 6) is 1.56. The molecule has 0 aliphatic carbocycles. The smallest absolute Gasteiger partial charge is 0.127 e. The Balaban J connectivity index is 2.03. The Hall–Kier alpha value is -1.84. The van der Waals surface area contributed by atoms with Gasteiger partial charge in [-0.1, -0.05) is 43.7 Å². The number of nitrogens with two attached hydrogens (primary N) is 1. The Kier molecular flexibility index (Phi) is 5.16. The second kappa shape index (κ2) is 7.08. The van der Waals surface area contributed by atoms with Crippen LogP contribution in [-0.4, -0.2) is 11.2 Å². The Morgan fingerprint density at radius 2 is 1.60 bits per heavy atom. The van der Waals surface area contributed by atoms with E-state index in [1.807, 2.05) is 61.5 Å². The molecule has 2 aromatic carbocycles. The van der Waals surface area contributed by atoms with Crippen molar-refractivity contribution < 1.29 is 9.84 Å². The van der Waals surface area contributed by atoms with Gasteiger partial charge in [0.1, 0.15) is 11.5 Å². The van der Waals surface area contributed by atoms with Crippen molar-refractivity contribution >= 4 is 0 Å². The maximum absolute atomic E-state index is 9.92. The van der Waals surface area contributed by atoms with E-state index in [1.165, 1.54) is 0 Å².